The number of aliphatic imine (C=N–C) groups is 1. The topological polar surface area (TPSA) is 62.5 Å². The summed E-state index contributed by atoms with van der Waals surface area (Å²) >= 11 is 0. The Morgan fingerprint density at radius 1 is 1.09 bits per heavy atom. The number of ether oxygens (including phenoxy) is 2. The lowest BCUT2D eigenvalue weighted by atomic mass is 10.1. The molecule has 8 heteroatoms. The number of nitrogens with zero attached hydrogens (tertiary/aromatic N) is 3. The first-order chi connectivity index (χ1) is 15.2. The quantitative estimate of drug-likeness (QED) is 0.334. The minimum Gasteiger partial charge on any atom is -0.490 e. The van der Waals surface area contributed by atoms with E-state index in [1.807, 2.05) is 50.4 Å². The number of hydrogen-bond acceptors (Lipinski definition) is 5. The van der Waals surface area contributed by atoms with Crippen LogP contribution >= 0.6 is 24.0 Å². The van der Waals surface area contributed by atoms with Crippen LogP contribution in [0.1, 0.15) is 30.4 Å². The molecular weight excluding hydrogens is 519 g/mol. The van der Waals surface area contributed by atoms with Crippen molar-refractivity contribution in [3.63, 3.8) is 0 Å². The third-order valence-electron chi connectivity index (χ3n) is 6.03. The fourth-order valence-corrected chi connectivity index (χ4v) is 4.33. The van der Waals surface area contributed by atoms with E-state index in [1.54, 1.807) is 0 Å². The van der Waals surface area contributed by atoms with E-state index in [9.17, 15) is 0 Å². The van der Waals surface area contributed by atoms with E-state index in [4.69, 9.17) is 13.9 Å². The van der Waals surface area contributed by atoms with Crippen molar-refractivity contribution in [2.75, 3.05) is 53.0 Å². The average molecular weight is 554 g/mol. The number of guanidine groups is 1. The van der Waals surface area contributed by atoms with Crippen LogP contribution < -0.4 is 10.1 Å². The van der Waals surface area contributed by atoms with Crippen molar-refractivity contribution in [3.05, 3.63) is 54.0 Å². The van der Waals surface area contributed by atoms with E-state index < -0.39 is 0 Å². The first-order valence-electron chi connectivity index (χ1n) is 11.3. The molecule has 0 bridgehead atoms. The average Bonchev–Trinajstić information content (AvgIpc) is 3.25. The second-order valence-corrected chi connectivity index (χ2v) is 8.16. The molecule has 3 heterocycles. The van der Waals surface area contributed by atoms with Crippen molar-refractivity contribution < 1.29 is 13.9 Å². The summed E-state index contributed by atoms with van der Waals surface area (Å²) in [5.74, 6) is 3.83. The minimum absolute atomic E-state index is 0. The van der Waals surface area contributed by atoms with Gasteiger partial charge in [0, 0.05) is 52.6 Å². The second kappa shape index (κ2) is 12.5. The lowest BCUT2D eigenvalue weighted by Gasteiger charge is -2.36. The van der Waals surface area contributed by atoms with E-state index in [2.05, 4.69) is 26.2 Å². The van der Waals surface area contributed by atoms with Gasteiger partial charge in [0.15, 0.2) is 5.96 Å². The number of morpholine rings is 1. The smallest absolute Gasteiger partial charge is 0.193 e. The van der Waals surface area contributed by atoms with E-state index in [0.29, 0.717) is 0 Å². The summed E-state index contributed by atoms with van der Waals surface area (Å²) in [6.45, 7) is 7.95. The van der Waals surface area contributed by atoms with Crippen LogP contribution in [-0.2, 0) is 4.74 Å². The number of furan rings is 1. The van der Waals surface area contributed by atoms with Gasteiger partial charge in [-0.3, -0.25) is 9.89 Å². The highest BCUT2D eigenvalue weighted by Gasteiger charge is 2.27. The highest BCUT2D eigenvalue weighted by molar-refractivity contribution is 14.0. The van der Waals surface area contributed by atoms with E-state index in [0.717, 1.165) is 82.0 Å². The number of likely N-dealkylation sites (tertiary alicyclic amines) is 1. The molecule has 1 atom stereocenters. The van der Waals surface area contributed by atoms with Gasteiger partial charge in [-0.15, -0.1) is 24.0 Å². The summed E-state index contributed by atoms with van der Waals surface area (Å²) in [5.41, 5.74) is 0. The highest BCUT2D eigenvalue weighted by atomic mass is 127. The molecule has 4 rings (SSSR count). The predicted molar refractivity (Wildman–Crippen MR) is 137 cm³/mol. The molecule has 2 fully saturated rings. The Kier molecular flexibility index (Phi) is 9.68. The number of rotatable bonds is 6. The van der Waals surface area contributed by atoms with Gasteiger partial charge < -0.3 is 24.1 Å². The lowest BCUT2D eigenvalue weighted by molar-refractivity contribution is 0.0123. The molecule has 0 amide bonds. The van der Waals surface area contributed by atoms with Gasteiger partial charge in [0.1, 0.15) is 23.4 Å². The molecule has 2 aliphatic rings. The molecule has 7 nitrogen and oxygen atoms in total. The number of hydrogen-bond donors (Lipinski definition) is 1. The zero-order chi connectivity index (χ0) is 21.5. The van der Waals surface area contributed by atoms with Crippen LogP contribution in [0.3, 0.4) is 0 Å². The third-order valence-corrected chi connectivity index (χ3v) is 6.03. The van der Waals surface area contributed by atoms with Gasteiger partial charge in [-0.25, -0.2) is 0 Å². The van der Waals surface area contributed by atoms with Gasteiger partial charge in [-0.2, -0.15) is 0 Å². The summed E-state index contributed by atoms with van der Waals surface area (Å²) in [6, 6.07) is 14.4. The standard InChI is InChI=1S/C24H34N4O3.HI/c1-19-8-9-23(30-19)22(27-14-16-29-17-15-27)18-26-24(25-2)28-12-10-21(11-13-28)31-20-6-4-3-5-7-20;/h3-9,21-22H,10-18H2,1-2H3,(H,25,26);1H. The van der Waals surface area contributed by atoms with Crippen LogP contribution in [0.25, 0.3) is 0 Å². The maximum Gasteiger partial charge on any atom is 0.193 e. The molecule has 1 N–H and O–H groups in total. The van der Waals surface area contributed by atoms with E-state index in [-0.39, 0.29) is 36.1 Å². The molecule has 0 saturated carbocycles. The zero-order valence-corrected chi connectivity index (χ0v) is 21.4. The number of para-hydroxylation sites is 1. The molecular formula is C24H35IN4O3. The molecule has 0 spiro atoms. The van der Waals surface area contributed by atoms with Crippen LogP contribution in [0.15, 0.2) is 51.9 Å². The van der Waals surface area contributed by atoms with Crippen molar-refractivity contribution in [1.82, 2.24) is 15.1 Å². The lowest BCUT2D eigenvalue weighted by Crippen LogP contribution is -2.50. The van der Waals surface area contributed by atoms with Gasteiger partial charge in [0.25, 0.3) is 0 Å². The van der Waals surface area contributed by atoms with Gasteiger partial charge in [-0.1, -0.05) is 18.2 Å². The van der Waals surface area contributed by atoms with Gasteiger partial charge >= 0.3 is 0 Å². The van der Waals surface area contributed by atoms with Crippen LogP contribution in [0.5, 0.6) is 5.75 Å². The molecule has 2 aromatic rings. The van der Waals surface area contributed by atoms with Crippen molar-refractivity contribution >= 4 is 29.9 Å². The summed E-state index contributed by atoms with van der Waals surface area (Å²) in [7, 11) is 1.86. The predicted octanol–water partition coefficient (Wildman–Crippen LogP) is 3.70. The first-order valence-corrected chi connectivity index (χ1v) is 11.3. The summed E-state index contributed by atoms with van der Waals surface area (Å²) in [6.07, 6.45) is 2.23. The van der Waals surface area contributed by atoms with Crippen molar-refractivity contribution in [2.24, 2.45) is 4.99 Å². The molecule has 176 valence electrons. The maximum absolute atomic E-state index is 6.14. The SMILES string of the molecule is CN=C(NCC(c1ccc(C)o1)N1CCOCC1)N1CCC(Oc2ccccc2)CC1.I. The fraction of sp³-hybridized carbons (Fsp3) is 0.542. The highest BCUT2D eigenvalue weighted by Crippen LogP contribution is 2.24. The molecule has 0 radical (unpaired) electrons. The number of piperidine rings is 1. The number of halogens is 1. The van der Waals surface area contributed by atoms with Crippen molar-refractivity contribution in [1.29, 1.82) is 0 Å². The number of benzene rings is 1. The molecule has 2 saturated heterocycles. The third kappa shape index (κ3) is 6.62. The Hall–Kier alpha value is -1.78. The summed E-state index contributed by atoms with van der Waals surface area (Å²) in [5, 5.41) is 3.60. The second-order valence-electron chi connectivity index (χ2n) is 8.16. The molecule has 1 aromatic heterocycles. The Balaban J connectivity index is 0.00000289. The van der Waals surface area contributed by atoms with Crippen LogP contribution in [-0.4, -0.2) is 74.8 Å². The first kappa shape index (κ1) is 24.9. The Morgan fingerprint density at radius 2 is 1.81 bits per heavy atom. The normalized spacial score (nSPS) is 19.3. The summed E-state index contributed by atoms with van der Waals surface area (Å²) < 4.78 is 17.7. The Labute approximate surface area is 208 Å². The minimum atomic E-state index is 0. The van der Waals surface area contributed by atoms with E-state index >= 15 is 0 Å². The van der Waals surface area contributed by atoms with Crippen LogP contribution in [0.2, 0.25) is 0 Å². The van der Waals surface area contributed by atoms with Crippen LogP contribution in [0, 0.1) is 6.92 Å². The molecule has 0 aliphatic carbocycles. The van der Waals surface area contributed by atoms with Crippen molar-refractivity contribution in [3.8, 4) is 5.75 Å². The molecule has 2 aliphatic heterocycles. The Bertz CT molecular complexity index is 831. The maximum atomic E-state index is 6.14. The van der Waals surface area contributed by atoms with E-state index in [1.165, 1.54) is 0 Å². The molecule has 1 unspecified atom stereocenters. The molecule has 32 heavy (non-hydrogen) atoms. The fourth-order valence-electron chi connectivity index (χ4n) is 4.33. The monoisotopic (exact) mass is 554 g/mol. The van der Waals surface area contributed by atoms with Crippen molar-refractivity contribution in [2.45, 2.75) is 31.9 Å². The molecule has 1 aromatic carbocycles. The van der Waals surface area contributed by atoms with Gasteiger partial charge in [0.2, 0.25) is 0 Å². The zero-order valence-electron chi connectivity index (χ0n) is 19.0. The van der Waals surface area contributed by atoms with Crippen LogP contribution in [0.4, 0.5) is 0 Å². The Morgan fingerprint density at radius 3 is 2.44 bits per heavy atom. The van der Waals surface area contributed by atoms with Gasteiger partial charge in [-0.05, 0) is 31.2 Å². The number of aryl methyl sites for hydroxylation is 1. The summed E-state index contributed by atoms with van der Waals surface area (Å²) in [4.78, 5) is 9.31. The number of nitrogens with one attached hydrogen (secondary N) is 1. The largest absolute Gasteiger partial charge is 0.490 e. The van der Waals surface area contributed by atoms with Gasteiger partial charge in [0.05, 0.1) is 19.3 Å².